The molecule has 0 saturated heterocycles. The Morgan fingerprint density at radius 2 is 1.69 bits per heavy atom. The van der Waals surface area contributed by atoms with Crippen LogP contribution in [0.5, 0.6) is 0 Å². The molecule has 0 aliphatic heterocycles. The Morgan fingerprint density at radius 1 is 1.00 bits per heavy atom. The normalized spacial score (nSPS) is 11.1. The molecule has 0 unspecified atom stereocenters. The zero-order chi connectivity index (χ0) is 18.8. The number of rotatable bonds is 7. The first-order chi connectivity index (χ1) is 12.6. The van der Waals surface area contributed by atoms with Crippen molar-refractivity contribution in [2.75, 3.05) is 19.4 Å². The van der Waals surface area contributed by atoms with E-state index in [1.165, 1.54) is 5.56 Å². The third kappa shape index (κ3) is 6.59. The number of nitrogens with one attached hydrogen (secondary N) is 2. The van der Waals surface area contributed by atoms with Gasteiger partial charge < -0.3 is 15.5 Å². The zero-order valence-electron chi connectivity index (χ0n) is 15.8. The van der Waals surface area contributed by atoms with Gasteiger partial charge in [-0.05, 0) is 29.7 Å². The second-order valence-electron chi connectivity index (χ2n) is 6.37. The molecule has 138 valence electrons. The van der Waals surface area contributed by atoms with E-state index in [-0.39, 0.29) is 5.91 Å². The van der Waals surface area contributed by atoms with Crippen LogP contribution in [0.3, 0.4) is 0 Å². The standard InChI is InChI=1S/C21H28N4O/c1-4-8-20(26)24-19-13-11-18(12-14-19)16-23-21(25(2)3)22-15-17-9-6-5-7-10-17/h5-7,9-14H,4,8,15-16H2,1-3H3,(H,22,23)(H,24,26). The van der Waals surface area contributed by atoms with E-state index in [2.05, 4.69) is 27.8 Å². The molecule has 5 heteroatoms. The smallest absolute Gasteiger partial charge is 0.224 e. The summed E-state index contributed by atoms with van der Waals surface area (Å²) in [6, 6.07) is 18.1. The molecule has 0 bridgehead atoms. The molecule has 0 aliphatic rings. The number of carbonyl (C=O) groups is 1. The maximum Gasteiger partial charge on any atom is 0.224 e. The van der Waals surface area contributed by atoms with Crippen molar-refractivity contribution < 1.29 is 4.79 Å². The van der Waals surface area contributed by atoms with E-state index in [0.29, 0.717) is 19.5 Å². The van der Waals surface area contributed by atoms with Crippen LogP contribution in [0.1, 0.15) is 30.9 Å². The van der Waals surface area contributed by atoms with Crippen LogP contribution in [-0.2, 0) is 17.9 Å². The number of hydrogen-bond donors (Lipinski definition) is 2. The Balaban J connectivity index is 1.91. The van der Waals surface area contributed by atoms with Crippen LogP contribution in [0.4, 0.5) is 5.69 Å². The molecular formula is C21H28N4O. The Labute approximate surface area is 156 Å². The molecule has 0 aromatic heterocycles. The maximum atomic E-state index is 11.6. The quantitative estimate of drug-likeness (QED) is 0.591. The van der Waals surface area contributed by atoms with E-state index in [4.69, 9.17) is 0 Å². The summed E-state index contributed by atoms with van der Waals surface area (Å²) in [5.41, 5.74) is 3.14. The number of aliphatic imine (C=N–C) groups is 1. The van der Waals surface area contributed by atoms with Gasteiger partial charge in [0.1, 0.15) is 0 Å². The Kier molecular flexibility index (Phi) is 7.68. The average molecular weight is 352 g/mol. The Hall–Kier alpha value is -2.82. The fourth-order valence-corrected chi connectivity index (χ4v) is 2.44. The fourth-order valence-electron chi connectivity index (χ4n) is 2.44. The van der Waals surface area contributed by atoms with Crippen molar-refractivity contribution in [1.29, 1.82) is 0 Å². The highest BCUT2D eigenvalue weighted by atomic mass is 16.1. The van der Waals surface area contributed by atoms with Crippen molar-refractivity contribution in [3.05, 3.63) is 65.7 Å². The molecule has 0 atom stereocenters. The minimum atomic E-state index is 0.0568. The summed E-state index contributed by atoms with van der Waals surface area (Å²) in [4.78, 5) is 18.3. The van der Waals surface area contributed by atoms with Crippen LogP contribution in [0.2, 0.25) is 0 Å². The first-order valence-electron chi connectivity index (χ1n) is 8.97. The summed E-state index contributed by atoms with van der Waals surface area (Å²) in [6.45, 7) is 3.31. The third-order valence-electron chi connectivity index (χ3n) is 3.84. The van der Waals surface area contributed by atoms with Crippen LogP contribution >= 0.6 is 0 Å². The number of nitrogens with zero attached hydrogens (tertiary/aromatic N) is 2. The lowest BCUT2D eigenvalue weighted by Crippen LogP contribution is -2.36. The van der Waals surface area contributed by atoms with Crippen molar-refractivity contribution in [2.45, 2.75) is 32.9 Å². The van der Waals surface area contributed by atoms with Crippen molar-refractivity contribution in [2.24, 2.45) is 4.99 Å². The second-order valence-corrected chi connectivity index (χ2v) is 6.37. The molecule has 1 amide bonds. The Bertz CT molecular complexity index is 709. The van der Waals surface area contributed by atoms with E-state index >= 15 is 0 Å². The van der Waals surface area contributed by atoms with Gasteiger partial charge in [0, 0.05) is 32.7 Å². The average Bonchev–Trinajstić information content (AvgIpc) is 2.63. The number of guanidine groups is 1. The summed E-state index contributed by atoms with van der Waals surface area (Å²) < 4.78 is 0. The van der Waals surface area contributed by atoms with Gasteiger partial charge in [0.15, 0.2) is 5.96 Å². The zero-order valence-corrected chi connectivity index (χ0v) is 15.8. The van der Waals surface area contributed by atoms with E-state index in [1.54, 1.807) is 0 Å². The van der Waals surface area contributed by atoms with Gasteiger partial charge in [-0.2, -0.15) is 0 Å². The molecule has 2 rings (SSSR count). The third-order valence-corrected chi connectivity index (χ3v) is 3.84. The molecule has 2 aromatic carbocycles. The SMILES string of the molecule is CCCC(=O)Nc1ccc(CNC(=NCc2ccccc2)N(C)C)cc1. The first-order valence-corrected chi connectivity index (χ1v) is 8.97. The van der Waals surface area contributed by atoms with Gasteiger partial charge in [0.2, 0.25) is 5.91 Å². The van der Waals surface area contributed by atoms with Crippen molar-refractivity contribution in [3.63, 3.8) is 0 Å². The van der Waals surface area contributed by atoms with Crippen LogP contribution < -0.4 is 10.6 Å². The van der Waals surface area contributed by atoms with Crippen molar-refractivity contribution in [3.8, 4) is 0 Å². The maximum absolute atomic E-state index is 11.6. The lowest BCUT2D eigenvalue weighted by atomic mass is 10.2. The number of hydrogen-bond acceptors (Lipinski definition) is 2. The lowest BCUT2D eigenvalue weighted by Gasteiger charge is -2.18. The predicted molar refractivity (Wildman–Crippen MR) is 108 cm³/mol. The van der Waals surface area contributed by atoms with Gasteiger partial charge in [0.05, 0.1) is 6.54 Å². The number of benzene rings is 2. The topological polar surface area (TPSA) is 56.7 Å². The summed E-state index contributed by atoms with van der Waals surface area (Å²) in [7, 11) is 3.95. The van der Waals surface area contributed by atoms with Gasteiger partial charge in [-0.15, -0.1) is 0 Å². The molecule has 0 aliphatic carbocycles. The molecule has 2 aromatic rings. The molecule has 0 heterocycles. The molecule has 0 saturated carbocycles. The number of anilines is 1. The first kappa shape index (κ1) is 19.5. The molecule has 0 spiro atoms. The van der Waals surface area contributed by atoms with E-state index in [0.717, 1.165) is 23.6 Å². The van der Waals surface area contributed by atoms with Crippen LogP contribution in [0.15, 0.2) is 59.6 Å². The van der Waals surface area contributed by atoms with Crippen LogP contribution in [-0.4, -0.2) is 30.9 Å². The summed E-state index contributed by atoms with van der Waals surface area (Å²) >= 11 is 0. The molecular weight excluding hydrogens is 324 g/mol. The van der Waals surface area contributed by atoms with Crippen LogP contribution in [0.25, 0.3) is 0 Å². The van der Waals surface area contributed by atoms with E-state index in [1.807, 2.05) is 68.4 Å². The number of carbonyl (C=O) groups excluding carboxylic acids is 1. The predicted octanol–water partition coefficient (Wildman–Crippen LogP) is 3.63. The highest BCUT2D eigenvalue weighted by Gasteiger charge is 2.04. The monoisotopic (exact) mass is 352 g/mol. The van der Waals surface area contributed by atoms with Gasteiger partial charge in [-0.1, -0.05) is 49.4 Å². The molecule has 2 N–H and O–H groups in total. The highest BCUT2D eigenvalue weighted by Crippen LogP contribution is 2.10. The second kappa shape index (κ2) is 10.2. The van der Waals surface area contributed by atoms with Crippen molar-refractivity contribution in [1.82, 2.24) is 10.2 Å². The fraction of sp³-hybridized carbons (Fsp3) is 0.333. The Morgan fingerprint density at radius 3 is 2.31 bits per heavy atom. The van der Waals surface area contributed by atoms with E-state index < -0.39 is 0 Å². The van der Waals surface area contributed by atoms with E-state index in [9.17, 15) is 4.79 Å². The van der Waals surface area contributed by atoms with Gasteiger partial charge in [-0.25, -0.2) is 4.99 Å². The molecule has 0 radical (unpaired) electrons. The minimum absolute atomic E-state index is 0.0568. The highest BCUT2D eigenvalue weighted by molar-refractivity contribution is 5.90. The number of amides is 1. The summed E-state index contributed by atoms with van der Waals surface area (Å²) in [6.07, 6.45) is 1.40. The largest absolute Gasteiger partial charge is 0.352 e. The van der Waals surface area contributed by atoms with Crippen LogP contribution in [0, 0.1) is 0 Å². The summed E-state index contributed by atoms with van der Waals surface area (Å²) in [5, 5.41) is 6.28. The molecule has 26 heavy (non-hydrogen) atoms. The minimum Gasteiger partial charge on any atom is -0.352 e. The van der Waals surface area contributed by atoms with Crippen molar-refractivity contribution >= 4 is 17.6 Å². The molecule has 5 nitrogen and oxygen atoms in total. The molecule has 0 fully saturated rings. The summed E-state index contributed by atoms with van der Waals surface area (Å²) in [5.74, 6) is 0.899. The van der Waals surface area contributed by atoms with Gasteiger partial charge in [-0.3, -0.25) is 4.79 Å². The van der Waals surface area contributed by atoms with Gasteiger partial charge in [0.25, 0.3) is 0 Å². The lowest BCUT2D eigenvalue weighted by molar-refractivity contribution is -0.116. The van der Waals surface area contributed by atoms with Gasteiger partial charge >= 0.3 is 0 Å².